The van der Waals surface area contributed by atoms with E-state index in [0.717, 1.165) is 55.3 Å². The minimum Gasteiger partial charge on any atom is -0.392 e. The third-order valence-corrected chi connectivity index (χ3v) is 4.51. The maximum atomic E-state index is 9.75. The van der Waals surface area contributed by atoms with Gasteiger partial charge in [-0.05, 0) is 35.9 Å². The van der Waals surface area contributed by atoms with Gasteiger partial charge in [0.15, 0.2) is 0 Å². The second kappa shape index (κ2) is 6.73. The molecule has 0 atom stereocenters. The second-order valence-corrected chi connectivity index (χ2v) is 6.11. The van der Waals surface area contributed by atoms with E-state index in [1.54, 1.807) is 0 Å². The van der Waals surface area contributed by atoms with Crippen molar-refractivity contribution in [1.82, 2.24) is 14.3 Å². The molecule has 3 aromatic heterocycles. The summed E-state index contributed by atoms with van der Waals surface area (Å²) in [7, 11) is 0. The summed E-state index contributed by atoms with van der Waals surface area (Å²) in [4.78, 5) is 6.95. The molecule has 4 rings (SSSR count). The van der Waals surface area contributed by atoms with Crippen molar-refractivity contribution in [2.75, 3.05) is 26.3 Å². The lowest BCUT2D eigenvalue weighted by Crippen LogP contribution is -2.35. The topological polar surface area (TPSA) is 50.0 Å². The Labute approximate surface area is 141 Å². The van der Waals surface area contributed by atoms with Gasteiger partial charge >= 0.3 is 0 Å². The molecule has 0 spiro atoms. The summed E-state index contributed by atoms with van der Waals surface area (Å²) in [5.74, 6) is 0. The third kappa shape index (κ3) is 2.94. The van der Waals surface area contributed by atoms with Crippen LogP contribution in [0.15, 0.2) is 48.8 Å². The lowest BCUT2D eigenvalue weighted by atomic mass is 10.1. The van der Waals surface area contributed by atoms with Crippen LogP contribution in [0.2, 0.25) is 0 Å². The van der Waals surface area contributed by atoms with E-state index in [4.69, 9.17) is 4.74 Å². The van der Waals surface area contributed by atoms with Gasteiger partial charge < -0.3 is 14.2 Å². The predicted molar refractivity (Wildman–Crippen MR) is 92.6 cm³/mol. The summed E-state index contributed by atoms with van der Waals surface area (Å²) in [6, 6.07) is 12.3. The number of nitrogens with zero attached hydrogens (tertiary/aromatic N) is 3. The zero-order valence-corrected chi connectivity index (χ0v) is 13.6. The first-order chi connectivity index (χ1) is 11.8. The molecule has 5 heteroatoms. The van der Waals surface area contributed by atoms with Crippen molar-refractivity contribution in [2.24, 2.45) is 0 Å². The van der Waals surface area contributed by atoms with Gasteiger partial charge in [0.05, 0.1) is 31.2 Å². The quantitative estimate of drug-likeness (QED) is 0.800. The Morgan fingerprint density at radius 3 is 2.83 bits per heavy atom. The minimum atomic E-state index is 0.00633. The summed E-state index contributed by atoms with van der Waals surface area (Å²) in [5.41, 5.74) is 5.07. The van der Waals surface area contributed by atoms with E-state index in [1.165, 1.54) is 5.56 Å². The zero-order chi connectivity index (χ0) is 16.4. The molecule has 1 fully saturated rings. The van der Waals surface area contributed by atoms with Crippen LogP contribution in [0.3, 0.4) is 0 Å². The second-order valence-electron chi connectivity index (χ2n) is 6.11. The van der Waals surface area contributed by atoms with Crippen molar-refractivity contribution in [3.63, 3.8) is 0 Å². The highest BCUT2D eigenvalue weighted by molar-refractivity contribution is 5.69. The highest BCUT2D eigenvalue weighted by Crippen LogP contribution is 2.27. The Morgan fingerprint density at radius 2 is 2.00 bits per heavy atom. The first-order valence-corrected chi connectivity index (χ1v) is 8.30. The molecule has 1 aliphatic heterocycles. The number of rotatable bonds is 4. The van der Waals surface area contributed by atoms with Gasteiger partial charge in [-0.25, -0.2) is 0 Å². The fourth-order valence-electron chi connectivity index (χ4n) is 3.31. The van der Waals surface area contributed by atoms with Crippen molar-refractivity contribution in [2.45, 2.75) is 13.2 Å². The number of pyridine rings is 2. The Balaban J connectivity index is 1.70. The van der Waals surface area contributed by atoms with Gasteiger partial charge in [-0.1, -0.05) is 6.07 Å². The normalized spacial score (nSPS) is 15.9. The van der Waals surface area contributed by atoms with E-state index in [0.29, 0.717) is 0 Å². The van der Waals surface area contributed by atoms with Crippen molar-refractivity contribution >= 4 is 5.52 Å². The van der Waals surface area contributed by atoms with Crippen LogP contribution < -0.4 is 0 Å². The highest BCUT2D eigenvalue weighted by atomic mass is 16.5. The van der Waals surface area contributed by atoms with Crippen LogP contribution in [0.5, 0.6) is 0 Å². The molecule has 124 valence electrons. The number of fused-ring (bicyclic) bond motifs is 1. The number of aliphatic hydroxyl groups excluding tert-OH is 1. The summed E-state index contributed by atoms with van der Waals surface area (Å²) < 4.78 is 7.50. The molecule has 24 heavy (non-hydrogen) atoms. The molecule has 3 aromatic rings. The fourth-order valence-corrected chi connectivity index (χ4v) is 3.31. The number of aliphatic hydroxyl groups is 1. The van der Waals surface area contributed by atoms with E-state index < -0.39 is 0 Å². The highest BCUT2D eigenvalue weighted by Gasteiger charge is 2.15. The van der Waals surface area contributed by atoms with E-state index in [-0.39, 0.29) is 6.61 Å². The number of hydrogen-bond donors (Lipinski definition) is 1. The Morgan fingerprint density at radius 1 is 1.12 bits per heavy atom. The van der Waals surface area contributed by atoms with Crippen LogP contribution in [0.25, 0.3) is 16.9 Å². The largest absolute Gasteiger partial charge is 0.392 e. The molecule has 0 amide bonds. The molecular formula is C19H21N3O2. The summed E-state index contributed by atoms with van der Waals surface area (Å²) in [5, 5.41) is 9.75. The number of morpholine rings is 1. The summed E-state index contributed by atoms with van der Waals surface area (Å²) in [6.07, 6.45) is 3.87. The van der Waals surface area contributed by atoms with E-state index in [2.05, 4.69) is 26.4 Å². The van der Waals surface area contributed by atoms with Gasteiger partial charge in [-0.2, -0.15) is 0 Å². The molecule has 1 saturated heterocycles. The van der Waals surface area contributed by atoms with Gasteiger partial charge in [0.1, 0.15) is 0 Å². The van der Waals surface area contributed by atoms with Gasteiger partial charge in [-0.15, -0.1) is 0 Å². The molecule has 1 N–H and O–H groups in total. The zero-order valence-electron chi connectivity index (χ0n) is 13.6. The lowest BCUT2D eigenvalue weighted by molar-refractivity contribution is 0.0342. The van der Waals surface area contributed by atoms with Crippen LogP contribution in [0, 0.1) is 0 Å². The first kappa shape index (κ1) is 15.3. The van der Waals surface area contributed by atoms with Gasteiger partial charge in [0.25, 0.3) is 0 Å². The first-order valence-electron chi connectivity index (χ1n) is 8.30. The summed E-state index contributed by atoms with van der Waals surface area (Å²) in [6.45, 7) is 4.44. The molecule has 0 aromatic carbocycles. The van der Waals surface area contributed by atoms with Crippen molar-refractivity contribution in [1.29, 1.82) is 0 Å². The molecule has 0 saturated carbocycles. The standard InChI is InChI=1S/C19H21N3O2/c23-14-16-12-17-3-1-2-6-22(17)19(16)18-11-15(4-5-20-18)13-21-7-9-24-10-8-21/h1-6,11-12,23H,7-10,13-14H2. The van der Waals surface area contributed by atoms with Crippen LogP contribution >= 0.6 is 0 Å². The number of ether oxygens (including phenoxy) is 1. The van der Waals surface area contributed by atoms with E-state index in [9.17, 15) is 5.11 Å². The fraction of sp³-hybridized carbons (Fsp3) is 0.316. The molecule has 1 aliphatic rings. The molecule has 0 bridgehead atoms. The molecule has 4 heterocycles. The van der Waals surface area contributed by atoms with Crippen LogP contribution in [-0.2, 0) is 17.9 Å². The van der Waals surface area contributed by atoms with Gasteiger partial charge in [0.2, 0.25) is 0 Å². The number of aromatic nitrogens is 2. The average Bonchev–Trinajstić information content (AvgIpc) is 3.01. The molecule has 0 aliphatic carbocycles. The summed E-state index contributed by atoms with van der Waals surface area (Å²) >= 11 is 0. The van der Waals surface area contributed by atoms with Gasteiger partial charge in [-0.3, -0.25) is 9.88 Å². The van der Waals surface area contributed by atoms with Crippen molar-refractivity contribution in [3.8, 4) is 11.4 Å². The lowest BCUT2D eigenvalue weighted by Gasteiger charge is -2.26. The molecule has 5 nitrogen and oxygen atoms in total. The maximum Gasteiger partial charge on any atom is 0.0876 e. The van der Waals surface area contributed by atoms with Crippen molar-refractivity contribution in [3.05, 3.63) is 59.9 Å². The Kier molecular flexibility index (Phi) is 4.30. The molecule has 0 unspecified atom stereocenters. The van der Waals surface area contributed by atoms with Crippen molar-refractivity contribution < 1.29 is 9.84 Å². The predicted octanol–water partition coefficient (Wildman–Crippen LogP) is 2.33. The minimum absolute atomic E-state index is 0.00633. The Bertz CT molecular complexity index is 837. The van der Waals surface area contributed by atoms with Crippen LogP contribution in [0.4, 0.5) is 0 Å². The monoisotopic (exact) mass is 323 g/mol. The SMILES string of the molecule is OCc1cc2ccccn2c1-c1cc(CN2CCOCC2)ccn1. The smallest absolute Gasteiger partial charge is 0.0876 e. The molecule has 0 radical (unpaired) electrons. The Hall–Kier alpha value is -2.21. The number of hydrogen-bond acceptors (Lipinski definition) is 4. The molecular weight excluding hydrogens is 302 g/mol. The van der Waals surface area contributed by atoms with E-state index >= 15 is 0 Å². The van der Waals surface area contributed by atoms with Gasteiger partial charge in [0, 0.05) is 43.1 Å². The van der Waals surface area contributed by atoms with Crippen LogP contribution in [0.1, 0.15) is 11.1 Å². The van der Waals surface area contributed by atoms with E-state index in [1.807, 2.05) is 36.7 Å². The van der Waals surface area contributed by atoms with Crippen LogP contribution in [-0.4, -0.2) is 45.7 Å². The average molecular weight is 323 g/mol. The maximum absolute atomic E-state index is 9.75. The third-order valence-electron chi connectivity index (χ3n) is 4.51.